The van der Waals surface area contributed by atoms with E-state index < -0.39 is 0 Å². The summed E-state index contributed by atoms with van der Waals surface area (Å²) in [4.78, 5) is 4.67. The normalized spacial score (nSPS) is 27.8. The van der Waals surface area contributed by atoms with Crippen molar-refractivity contribution in [3.63, 3.8) is 0 Å². The van der Waals surface area contributed by atoms with E-state index in [1.54, 1.807) is 11.3 Å². The van der Waals surface area contributed by atoms with Gasteiger partial charge in [-0.1, -0.05) is 13.3 Å². The molecule has 0 amide bonds. The third kappa shape index (κ3) is 4.85. The number of rotatable bonds is 4. The Balaban J connectivity index is 1.97. The average molecular weight is 295 g/mol. The van der Waals surface area contributed by atoms with Gasteiger partial charge in [0.25, 0.3) is 0 Å². The predicted octanol–water partition coefficient (Wildman–Crippen LogP) is 4.43. The minimum atomic E-state index is 0.227. The molecule has 0 aliphatic heterocycles. The van der Waals surface area contributed by atoms with Crippen LogP contribution in [0.4, 0.5) is 0 Å². The molecule has 3 atom stereocenters. The van der Waals surface area contributed by atoms with Crippen LogP contribution in [0.3, 0.4) is 0 Å². The molecule has 0 saturated heterocycles. The van der Waals surface area contributed by atoms with Crippen molar-refractivity contribution >= 4 is 11.3 Å². The zero-order chi connectivity index (χ0) is 14.8. The monoisotopic (exact) mass is 294 g/mol. The van der Waals surface area contributed by atoms with Crippen LogP contribution in [-0.2, 0) is 6.42 Å². The molecule has 1 fully saturated rings. The number of aromatic nitrogens is 1. The van der Waals surface area contributed by atoms with Crippen molar-refractivity contribution < 1.29 is 0 Å². The number of hydrogen-bond donors (Lipinski definition) is 1. The molecule has 1 heterocycles. The van der Waals surface area contributed by atoms with Crippen LogP contribution in [0.2, 0.25) is 0 Å². The third-order valence-corrected chi connectivity index (χ3v) is 5.26. The van der Waals surface area contributed by atoms with Crippen LogP contribution in [0.5, 0.6) is 0 Å². The standard InChI is InChI=1S/C17H30N2S/c1-12-6-7-14(10-18-17(3,4)5)15(8-12)9-16-11-20-13(2)19-16/h11-12,14-15,18H,6-10H2,1-5H3. The Bertz CT molecular complexity index is 419. The summed E-state index contributed by atoms with van der Waals surface area (Å²) in [5.74, 6) is 2.49. The van der Waals surface area contributed by atoms with E-state index in [2.05, 4.69) is 50.3 Å². The van der Waals surface area contributed by atoms with E-state index in [4.69, 9.17) is 0 Å². The number of aryl methyl sites for hydroxylation is 1. The van der Waals surface area contributed by atoms with Gasteiger partial charge in [0.05, 0.1) is 10.7 Å². The lowest BCUT2D eigenvalue weighted by Gasteiger charge is -2.36. The lowest BCUT2D eigenvalue weighted by molar-refractivity contribution is 0.173. The quantitative estimate of drug-likeness (QED) is 0.888. The molecule has 114 valence electrons. The van der Waals surface area contributed by atoms with Gasteiger partial charge in [-0.2, -0.15) is 0 Å². The fraction of sp³-hybridized carbons (Fsp3) is 0.824. The first-order valence-corrected chi connectivity index (χ1v) is 8.87. The molecule has 0 radical (unpaired) electrons. The minimum absolute atomic E-state index is 0.227. The summed E-state index contributed by atoms with van der Waals surface area (Å²) in [5.41, 5.74) is 1.54. The van der Waals surface area contributed by atoms with Crippen molar-refractivity contribution in [2.24, 2.45) is 17.8 Å². The first-order valence-electron chi connectivity index (χ1n) is 7.99. The number of hydrogen-bond acceptors (Lipinski definition) is 3. The highest BCUT2D eigenvalue weighted by Gasteiger charge is 2.29. The summed E-state index contributed by atoms with van der Waals surface area (Å²) >= 11 is 1.79. The summed E-state index contributed by atoms with van der Waals surface area (Å²) < 4.78 is 0. The fourth-order valence-electron chi connectivity index (χ4n) is 3.29. The smallest absolute Gasteiger partial charge is 0.0897 e. The molecule has 0 bridgehead atoms. The van der Waals surface area contributed by atoms with Gasteiger partial charge in [0.15, 0.2) is 0 Å². The Morgan fingerprint density at radius 2 is 2.05 bits per heavy atom. The molecule has 1 N–H and O–H groups in total. The maximum Gasteiger partial charge on any atom is 0.0897 e. The lowest BCUT2D eigenvalue weighted by atomic mass is 9.72. The van der Waals surface area contributed by atoms with Crippen molar-refractivity contribution in [1.82, 2.24) is 10.3 Å². The van der Waals surface area contributed by atoms with E-state index in [0.717, 1.165) is 24.3 Å². The molecule has 1 saturated carbocycles. The van der Waals surface area contributed by atoms with Crippen molar-refractivity contribution in [1.29, 1.82) is 0 Å². The molecule has 0 spiro atoms. The van der Waals surface area contributed by atoms with E-state index in [1.807, 2.05) is 0 Å². The molecule has 3 heteroatoms. The Labute approximate surface area is 128 Å². The van der Waals surface area contributed by atoms with Crippen molar-refractivity contribution in [3.05, 3.63) is 16.1 Å². The van der Waals surface area contributed by atoms with Crippen molar-refractivity contribution in [3.8, 4) is 0 Å². The molecule has 20 heavy (non-hydrogen) atoms. The minimum Gasteiger partial charge on any atom is -0.312 e. The maximum atomic E-state index is 4.67. The van der Waals surface area contributed by atoms with Crippen LogP contribution in [-0.4, -0.2) is 17.1 Å². The van der Waals surface area contributed by atoms with Crippen LogP contribution in [0, 0.1) is 24.7 Å². The molecule has 3 unspecified atom stereocenters. The highest BCUT2D eigenvalue weighted by molar-refractivity contribution is 7.09. The van der Waals surface area contributed by atoms with E-state index in [0.29, 0.717) is 0 Å². The first-order chi connectivity index (χ1) is 9.33. The molecule has 1 aliphatic rings. The van der Waals surface area contributed by atoms with Gasteiger partial charge in [0.2, 0.25) is 0 Å². The van der Waals surface area contributed by atoms with Crippen LogP contribution in [0.15, 0.2) is 5.38 Å². The lowest BCUT2D eigenvalue weighted by Crippen LogP contribution is -2.42. The van der Waals surface area contributed by atoms with Crippen LogP contribution in [0.25, 0.3) is 0 Å². The highest BCUT2D eigenvalue weighted by Crippen LogP contribution is 2.36. The molecule has 2 nitrogen and oxygen atoms in total. The largest absolute Gasteiger partial charge is 0.312 e. The van der Waals surface area contributed by atoms with Crippen molar-refractivity contribution in [2.75, 3.05) is 6.54 Å². The Morgan fingerprint density at radius 3 is 2.65 bits per heavy atom. The second-order valence-corrected chi connectivity index (χ2v) is 8.69. The SMILES string of the molecule is Cc1nc(CC2CC(C)CCC2CNC(C)(C)C)cs1. The van der Waals surface area contributed by atoms with Gasteiger partial charge in [0, 0.05) is 10.9 Å². The Kier molecular flexibility index (Phi) is 5.25. The van der Waals surface area contributed by atoms with Crippen LogP contribution >= 0.6 is 11.3 Å². The predicted molar refractivity (Wildman–Crippen MR) is 88.3 cm³/mol. The van der Waals surface area contributed by atoms with Gasteiger partial charge in [-0.05, 0) is 71.3 Å². The zero-order valence-electron chi connectivity index (χ0n) is 13.7. The first kappa shape index (κ1) is 16.0. The number of thiazole rings is 1. The van der Waals surface area contributed by atoms with Gasteiger partial charge in [-0.3, -0.25) is 0 Å². The molecule has 1 aromatic rings. The van der Waals surface area contributed by atoms with Crippen molar-refractivity contribution in [2.45, 2.75) is 65.8 Å². The van der Waals surface area contributed by atoms with Gasteiger partial charge < -0.3 is 5.32 Å². The summed E-state index contributed by atoms with van der Waals surface area (Å²) in [6.45, 7) is 12.5. The van der Waals surface area contributed by atoms with Gasteiger partial charge in [-0.25, -0.2) is 4.98 Å². The number of nitrogens with one attached hydrogen (secondary N) is 1. The van der Waals surface area contributed by atoms with Gasteiger partial charge >= 0.3 is 0 Å². The maximum absolute atomic E-state index is 4.67. The molecule has 0 aromatic carbocycles. The second kappa shape index (κ2) is 6.57. The summed E-state index contributed by atoms with van der Waals surface area (Å²) in [6, 6.07) is 0. The third-order valence-electron chi connectivity index (χ3n) is 4.43. The van der Waals surface area contributed by atoms with E-state index in [9.17, 15) is 0 Å². The summed E-state index contributed by atoms with van der Waals surface area (Å²) in [6.07, 6.45) is 5.30. The van der Waals surface area contributed by atoms with Crippen LogP contribution < -0.4 is 5.32 Å². The Morgan fingerprint density at radius 1 is 1.30 bits per heavy atom. The summed E-state index contributed by atoms with van der Waals surface area (Å²) in [5, 5.41) is 7.16. The highest BCUT2D eigenvalue weighted by atomic mass is 32.1. The molecule has 1 aromatic heterocycles. The topological polar surface area (TPSA) is 24.9 Å². The average Bonchev–Trinajstić information content (AvgIpc) is 2.72. The fourth-order valence-corrected chi connectivity index (χ4v) is 3.91. The molecule has 1 aliphatic carbocycles. The molecule has 2 rings (SSSR count). The molecular weight excluding hydrogens is 264 g/mol. The second-order valence-electron chi connectivity index (χ2n) is 7.63. The number of nitrogens with zero attached hydrogens (tertiary/aromatic N) is 1. The van der Waals surface area contributed by atoms with Gasteiger partial charge in [-0.15, -0.1) is 11.3 Å². The zero-order valence-corrected chi connectivity index (χ0v) is 14.5. The van der Waals surface area contributed by atoms with Crippen LogP contribution in [0.1, 0.15) is 57.7 Å². The van der Waals surface area contributed by atoms with E-state index in [1.165, 1.54) is 36.4 Å². The van der Waals surface area contributed by atoms with Gasteiger partial charge in [0.1, 0.15) is 0 Å². The van der Waals surface area contributed by atoms with E-state index in [-0.39, 0.29) is 5.54 Å². The Hall–Kier alpha value is -0.410. The molecular formula is C17H30N2S. The van der Waals surface area contributed by atoms with E-state index >= 15 is 0 Å². The summed E-state index contributed by atoms with van der Waals surface area (Å²) in [7, 11) is 0.